The fourth-order valence-corrected chi connectivity index (χ4v) is 5.26. The van der Waals surface area contributed by atoms with E-state index >= 15 is 0 Å². The van der Waals surface area contributed by atoms with Gasteiger partial charge in [-0.05, 0) is 62.9 Å². The summed E-state index contributed by atoms with van der Waals surface area (Å²) in [5.41, 5.74) is -0.119. The van der Waals surface area contributed by atoms with Crippen molar-refractivity contribution in [3.63, 3.8) is 0 Å². The van der Waals surface area contributed by atoms with Crippen LogP contribution < -0.4 is 10.0 Å². The average molecular weight is 445 g/mol. The van der Waals surface area contributed by atoms with Gasteiger partial charge in [-0.25, -0.2) is 13.1 Å². The van der Waals surface area contributed by atoms with Crippen LogP contribution in [0.4, 0.5) is 0 Å². The lowest BCUT2D eigenvalue weighted by molar-refractivity contribution is 0.0898. The van der Waals surface area contributed by atoms with Crippen LogP contribution in [0.25, 0.3) is 0 Å². The summed E-state index contributed by atoms with van der Waals surface area (Å²) in [6, 6.07) is 7.89. The number of rotatable bonds is 7. The van der Waals surface area contributed by atoms with Gasteiger partial charge in [-0.15, -0.1) is 0 Å². The Morgan fingerprint density at radius 3 is 2.48 bits per heavy atom. The van der Waals surface area contributed by atoms with E-state index in [2.05, 4.69) is 26.4 Å². The molecule has 0 spiro atoms. The van der Waals surface area contributed by atoms with Gasteiger partial charge in [-0.1, -0.05) is 24.5 Å². The highest BCUT2D eigenvalue weighted by Crippen LogP contribution is 2.43. The van der Waals surface area contributed by atoms with Crippen molar-refractivity contribution in [1.29, 1.82) is 5.26 Å². The monoisotopic (exact) mass is 444 g/mol. The number of nitrogens with zero attached hydrogens (tertiary/aromatic N) is 4. The number of hydrogen-bond acceptors (Lipinski definition) is 7. The molecular weight excluding hydrogens is 416 g/mol. The first-order valence-electron chi connectivity index (χ1n) is 10.8. The van der Waals surface area contributed by atoms with E-state index in [4.69, 9.17) is 0 Å². The van der Waals surface area contributed by atoms with E-state index in [-0.39, 0.29) is 22.9 Å². The Kier molecular flexibility index (Phi) is 5.99. The van der Waals surface area contributed by atoms with Crippen molar-refractivity contribution < 1.29 is 13.2 Å². The minimum absolute atomic E-state index is 0.113. The lowest BCUT2D eigenvalue weighted by Crippen LogP contribution is -2.50. The molecule has 1 aromatic rings. The second-order valence-electron chi connectivity index (χ2n) is 8.63. The van der Waals surface area contributed by atoms with Crippen molar-refractivity contribution in [3.8, 4) is 6.07 Å². The molecule has 1 aliphatic heterocycles. The molecule has 0 saturated heterocycles. The van der Waals surface area contributed by atoms with Crippen molar-refractivity contribution in [1.82, 2.24) is 15.0 Å². The summed E-state index contributed by atoms with van der Waals surface area (Å²) in [4.78, 5) is 13.1. The first kappa shape index (κ1) is 21.7. The highest BCUT2D eigenvalue weighted by molar-refractivity contribution is 7.89. The Hall–Kier alpha value is -2.51. The van der Waals surface area contributed by atoms with Crippen molar-refractivity contribution in [3.05, 3.63) is 29.8 Å². The van der Waals surface area contributed by atoms with Crippen LogP contribution in [-0.4, -0.2) is 50.5 Å². The first-order chi connectivity index (χ1) is 14.9. The fourth-order valence-electron chi connectivity index (χ4n) is 4.53. The van der Waals surface area contributed by atoms with Crippen LogP contribution in [0.2, 0.25) is 0 Å². The zero-order chi connectivity index (χ0) is 22.1. The zero-order valence-electron chi connectivity index (χ0n) is 17.6. The van der Waals surface area contributed by atoms with Crippen molar-refractivity contribution in [2.75, 3.05) is 13.6 Å². The van der Waals surface area contributed by atoms with Gasteiger partial charge in [0.15, 0.2) is 0 Å². The summed E-state index contributed by atoms with van der Waals surface area (Å²) >= 11 is 0. The molecule has 1 aromatic carbocycles. The Balaban J connectivity index is 1.49. The number of benzene rings is 1. The quantitative estimate of drug-likeness (QED) is 0.667. The number of sulfonamides is 1. The van der Waals surface area contributed by atoms with E-state index in [1.165, 1.54) is 37.7 Å². The molecule has 0 aromatic heterocycles. The van der Waals surface area contributed by atoms with Gasteiger partial charge in [-0.2, -0.15) is 10.4 Å². The standard InChI is InChI=1S/C21H28N6O3S/c1-23-31(29,30)17-9-7-16(8-10-17)20(28)24-19(15-5-3-2-4-6-15)18-13-27(26-25-18)21(14-22)11-12-21/h7-10,15,18-19,23H,2-6,11-13H2,1H3,(H,24,28)/t18?,19-/m0/s1. The second-order valence-corrected chi connectivity index (χ2v) is 10.5. The normalized spacial score (nSPS) is 23.9. The number of carbonyl (C=O) groups excluding carboxylic acids is 1. The van der Waals surface area contributed by atoms with Crippen molar-refractivity contribution >= 4 is 15.9 Å². The SMILES string of the molecule is CNS(=O)(=O)c1ccc(C(=O)N[C@@H](C2CCCCC2)C2CN(C3(C#N)CC3)N=N2)cc1. The third-order valence-corrected chi connectivity index (χ3v) is 8.09. The molecule has 2 fully saturated rings. The van der Waals surface area contributed by atoms with E-state index in [1.54, 1.807) is 5.01 Å². The molecule has 166 valence electrons. The van der Waals surface area contributed by atoms with Crippen LogP contribution in [0.3, 0.4) is 0 Å². The van der Waals surface area contributed by atoms with E-state index < -0.39 is 15.6 Å². The maximum atomic E-state index is 13.0. The van der Waals surface area contributed by atoms with Gasteiger partial charge in [0.2, 0.25) is 10.0 Å². The minimum Gasteiger partial charge on any atom is -0.347 e. The smallest absolute Gasteiger partial charge is 0.251 e. The summed E-state index contributed by atoms with van der Waals surface area (Å²) in [5, 5.41) is 23.1. The molecule has 31 heavy (non-hydrogen) atoms. The third-order valence-electron chi connectivity index (χ3n) is 6.66. The first-order valence-corrected chi connectivity index (χ1v) is 12.3. The Labute approximate surface area is 182 Å². The summed E-state index contributed by atoms with van der Waals surface area (Å²) in [5.74, 6) is 0.0572. The molecule has 0 radical (unpaired) electrons. The fraction of sp³-hybridized carbons (Fsp3) is 0.619. The third kappa shape index (κ3) is 4.43. The number of hydrogen-bond donors (Lipinski definition) is 2. The number of amides is 1. The number of nitrogens with one attached hydrogen (secondary N) is 2. The van der Waals surface area contributed by atoms with Gasteiger partial charge in [-0.3, -0.25) is 9.80 Å². The molecule has 4 rings (SSSR count). The van der Waals surface area contributed by atoms with Crippen LogP contribution in [-0.2, 0) is 10.0 Å². The van der Waals surface area contributed by atoms with E-state index in [0.29, 0.717) is 18.0 Å². The molecular formula is C21H28N6O3S. The van der Waals surface area contributed by atoms with Crippen molar-refractivity contribution in [2.45, 2.75) is 67.5 Å². The van der Waals surface area contributed by atoms with Gasteiger partial charge >= 0.3 is 0 Å². The van der Waals surface area contributed by atoms with E-state index in [1.807, 2.05) is 0 Å². The molecule has 2 N–H and O–H groups in total. The molecule has 2 atom stereocenters. The maximum Gasteiger partial charge on any atom is 0.251 e. The summed E-state index contributed by atoms with van der Waals surface area (Å²) in [6.45, 7) is 0.536. The highest BCUT2D eigenvalue weighted by atomic mass is 32.2. The molecule has 10 heteroatoms. The minimum atomic E-state index is -3.55. The van der Waals surface area contributed by atoms with Crippen LogP contribution in [0.1, 0.15) is 55.3 Å². The molecule has 0 bridgehead atoms. The molecule has 1 heterocycles. The predicted octanol–water partition coefficient (Wildman–Crippen LogP) is 2.38. The lowest BCUT2D eigenvalue weighted by Gasteiger charge is -2.33. The number of carbonyl (C=O) groups is 1. The zero-order valence-corrected chi connectivity index (χ0v) is 18.4. The van der Waals surface area contributed by atoms with Crippen LogP contribution >= 0.6 is 0 Å². The van der Waals surface area contributed by atoms with E-state index in [0.717, 1.165) is 38.5 Å². The number of nitriles is 1. The van der Waals surface area contributed by atoms with Crippen molar-refractivity contribution in [2.24, 2.45) is 16.3 Å². The Morgan fingerprint density at radius 2 is 1.90 bits per heavy atom. The van der Waals surface area contributed by atoms with E-state index in [9.17, 15) is 18.5 Å². The maximum absolute atomic E-state index is 13.0. The van der Waals surface area contributed by atoms with Gasteiger partial charge in [0.05, 0.1) is 23.6 Å². The lowest BCUT2D eigenvalue weighted by atomic mass is 9.81. The molecule has 3 aliphatic rings. The topological polar surface area (TPSA) is 127 Å². The molecule has 1 unspecified atom stereocenters. The molecule has 1 amide bonds. The van der Waals surface area contributed by atoms with Gasteiger partial charge in [0.1, 0.15) is 11.6 Å². The van der Waals surface area contributed by atoms with Crippen LogP contribution in [0.15, 0.2) is 39.5 Å². The largest absolute Gasteiger partial charge is 0.347 e. The molecule has 2 saturated carbocycles. The van der Waals surface area contributed by atoms with Gasteiger partial charge in [0, 0.05) is 5.56 Å². The highest BCUT2D eigenvalue weighted by Gasteiger charge is 2.52. The summed E-state index contributed by atoms with van der Waals surface area (Å²) < 4.78 is 26.1. The second kappa shape index (κ2) is 8.55. The average Bonchev–Trinajstić information content (AvgIpc) is 3.46. The summed E-state index contributed by atoms with van der Waals surface area (Å²) in [7, 11) is -2.20. The Bertz CT molecular complexity index is 991. The van der Waals surface area contributed by atoms with Gasteiger partial charge in [0.25, 0.3) is 5.91 Å². The van der Waals surface area contributed by atoms with Crippen LogP contribution in [0.5, 0.6) is 0 Å². The molecule has 9 nitrogen and oxygen atoms in total. The molecule has 2 aliphatic carbocycles. The van der Waals surface area contributed by atoms with Crippen LogP contribution in [0, 0.1) is 17.2 Å². The Morgan fingerprint density at radius 1 is 1.23 bits per heavy atom. The summed E-state index contributed by atoms with van der Waals surface area (Å²) in [6.07, 6.45) is 7.12. The predicted molar refractivity (Wildman–Crippen MR) is 113 cm³/mol. The van der Waals surface area contributed by atoms with Gasteiger partial charge < -0.3 is 5.32 Å².